The second kappa shape index (κ2) is 4.20. The maximum atomic E-state index is 11.9. The molecule has 2 heterocycles. The molecule has 1 aromatic rings. The highest BCUT2D eigenvalue weighted by molar-refractivity contribution is 5.89. The number of fused-ring (bicyclic) bond motifs is 1. The Balaban J connectivity index is 1.66. The van der Waals surface area contributed by atoms with E-state index < -0.39 is 0 Å². The van der Waals surface area contributed by atoms with Crippen molar-refractivity contribution in [1.29, 1.82) is 0 Å². The number of carbonyl (C=O) groups is 1. The lowest BCUT2D eigenvalue weighted by Crippen LogP contribution is -2.31. The third kappa shape index (κ3) is 1.90. The van der Waals surface area contributed by atoms with Crippen LogP contribution in [0.2, 0.25) is 0 Å². The summed E-state index contributed by atoms with van der Waals surface area (Å²) < 4.78 is 5.55. The van der Waals surface area contributed by atoms with Gasteiger partial charge in [0, 0.05) is 25.6 Å². The highest BCUT2D eigenvalue weighted by atomic mass is 16.5. The van der Waals surface area contributed by atoms with E-state index >= 15 is 0 Å². The smallest absolute Gasteiger partial charge is 0.338 e. The zero-order chi connectivity index (χ0) is 11.7. The lowest BCUT2D eigenvalue weighted by molar-refractivity contribution is 0.0230. The van der Waals surface area contributed by atoms with Gasteiger partial charge in [-0.25, -0.2) is 4.79 Å². The van der Waals surface area contributed by atoms with Crippen LogP contribution in [0.5, 0.6) is 0 Å². The second-order valence-electron chi connectivity index (χ2n) is 4.36. The molecule has 2 aliphatic rings. The molecule has 17 heavy (non-hydrogen) atoms. The zero-order valence-electron chi connectivity index (χ0n) is 9.45. The standard InChI is InChI=1S/C13H14N2O2/c16-13(10-4-2-1-3-5-10)17-12-7-9-15-11(12)6-8-14-15/h1-5,8,11-12H,6-7,9H2. The molecule has 0 radical (unpaired) electrons. The molecule has 88 valence electrons. The van der Waals surface area contributed by atoms with Crippen molar-refractivity contribution in [3.63, 3.8) is 0 Å². The predicted molar refractivity (Wildman–Crippen MR) is 63.9 cm³/mol. The van der Waals surface area contributed by atoms with Gasteiger partial charge in [-0.2, -0.15) is 5.10 Å². The fourth-order valence-corrected chi connectivity index (χ4v) is 2.40. The molecule has 4 nitrogen and oxygen atoms in total. The van der Waals surface area contributed by atoms with Crippen LogP contribution in [0.4, 0.5) is 0 Å². The van der Waals surface area contributed by atoms with E-state index in [1.54, 1.807) is 12.1 Å². The van der Waals surface area contributed by atoms with Crippen molar-refractivity contribution in [2.75, 3.05) is 6.54 Å². The van der Waals surface area contributed by atoms with Gasteiger partial charge in [0.2, 0.25) is 0 Å². The molecule has 0 saturated carbocycles. The molecule has 1 aromatic carbocycles. The first-order valence-electron chi connectivity index (χ1n) is 5.90. The normalized spacial score (nSPS) is 26.0. The van der Waals surface area contributed by atoms with Gasteiger partial charge >= 0.3 is 5.97 Å². The van der Waals surface area contributed by atoms with Crippen molar-refractivity contribution in [2.45, 2.75) is 25.0 Å². The molecule has 0 N–H and O–H groups in total. The van der Waals surface area contributed by atoms with Crippen molar-refractivity contribution in [3.05, 3.63) is 35.9 Å². The van der Waals surface area contributed by atoms with Crippen LogP contribution in [0.1, 0.15) is 23.2 Å². The molecule has 2 unspecified atom stereocenters. The van der Waals surface area contributed by atoms with Crippen molar-refractivity contribution >= 4 is 12.2 Å². The molecule has 2 aliphatic heterocycles. The molecule has 2 atom stereocenters. The Labute approximate surface area is 99.9 Å². The van der Waals surface area contributed by atoms with Gasteiger partial charge in [0.15, 0.2) is 0 Å². The summed E-state index contributed by atoms with van der Waals surface area (Å²) >= 11 is 0. The topological polar surface area (TPSA) is 41.9 Å². The van der Waals surface area contributed by atoms with Crippen molar-refractivity contribution in [1.82, 2.24) is 5.01 Å². The minimum Gasteiger partial charge on any atom is -0.456 e. The number of carbonyl (C=O) groups excluding carboxylic acids is 1. The van der Waals surface area contributed by atoms with E-state index in [-0.39, 0.29) is 18.1 Å². The Hall–Kier alpha value is -1.84. The van der Waals surface area contributed by atoms with Gasteiger partial charge in [-0.05, 0) is 12.1 Å². The van der Waals surface area contributed by atoms with Gasteiger partial charge in [-0.1, -0.05) is 18.2 Å². The maximum absolute atomic E-state index is 11.9. The summed E-state index contributed by atoms with van der Waals surface area (Å²) in [6.07, 6.45) is 3.63. The zero-order valence-corrected chi connectivity index (χ0v) is 9.45. The fourth-order valence-electron chi connectivity index (χ4n) is 2.40. The van der Waals surface area contributed by atoms with Gasteiger partial charge in [-0.3, -0.25) is 5.01 Å². The molecular formula is C13H14N2O2. The minimum absolute atomic E-state index is 0.0230. The van der Waals surface area contributed by atoms with Crippen LogP contribution in [-0.2, 0) is 4.74 Å². The first kappa shape index (κ1) is 10.3. The quantitative estimate of drug-likeness (QED) is 0.726. The Morgan fingerprint density at radius 3 is 3.00 bits per heavy atom. The van der Waals surface area contributed by atoms with Gasteiger partial charge in [0.25, 0.3) is 0 Å². The molecular weight excluding hydrogens is 216 g/mol. The van der Waals surface area contributed by atoms with Gasteiger partial charge < -0.3 is 4.74 Å². The molecule has 0 spiro atoms. The lowest BCUT2D eigenvalue weighted by atomic mass is 10.1. The van der Waals surface area contributed by atoms with Crippen LogP contribution in [0.15, 0.2) is 35.4 Å². The highest BCUT2D eigenvalue weighted by Crippen LogP contribution is 2.27. The average Bonchev–Trinajstić information content (AvgIpc) is 2.95. The number of rotatable bonds is 2. The van der Waals surface area contributed by atoms with Crippen molar-refractivity contribution in [2.24, 2.45) is 5.10 Å². The molecule has 0 aliphatic carbocycles. The summed E-state index contributed by atoms with van der Waals surface area (Å²) in [6, 6.07) is 9.38. The van der Waals surface area contributed by atoms with Gasteiger partial charge in [0.1, 0.15) is 6.10 Å². The summed E-state index contributed by atoms with van der Waals surface area (Å²) in [5, 5.41) is 6.26. The second-order valence-corrected chi connectivity index (χ2v) is 4.36. The highest BCUT2D eigenvalue weighted by Gasteiger charge is 2.38. The number of esters is 1. The number of hydrazone groups is 1. The van der Waals surface area contributed by atoms with E-state index in [2.05, 4.69) is 5.10 Å². The third-order valence-corrected chi connectivity index (χ3v) is 3.30. The number of hydrogen-bond donors (Lipinski definition) is 0. The number of nitrogens with zero attached hydrogens (tertiary/aromatic N) is 2. The largest absolute Gasteiger partial charge is 0.456 e. The van der Waals surface area contributed by atoms with Crippen LogP contribution >= 0.6 is 0 Å². The molecule has 0 amide bonds. The van der Waals surface area contributed by atoms with Crippen LogP contribution in [0.3, 0.4) is 0 Å². The van der Waals surface area contributed by atoms with E-state index in [0.717, 1.165) is 19.4 Å². The summed E-state index contributed by atoms with van der Waals surface area (Å²) in [6.45, 7) is 0.883. The van der Waals surface area contributed by atoms with E-state index in [9.17, 15) is 4.79 Å². The monoisotopic (exact) mass is 230 g/mol. The molecule has 0 aromatic heterocycles. The molecule has 1 saturated heterocycles. The number of benzene rings is 1. The van der Waals surface area contributed by atoms with E-state index in [4.69, 9.17) is 4.74 Å². The van der Waals surface area contributed by atoms with Gasteiger partial charge in [0.05, 0.1) is 11.6 Å². The van der Waals surface area contributed by atoms with Crippen molar-refractivity contribution < 1.29 is 9.53 Å². The first-order chi connectivity index (χ1) is 8.34. The van der Waals surface area contributed by atoms with E-state index in [1.807, 2.05) is 29.4 Å². The first-order valence-corrected chi connectivity index (χ1v) is 5.90. The Bertz CT molecular complexity index is 444. The summed E-state index contributed by atoms with van der Waals surface area (Å²) in [5.74, 6) is -0.232. The molecule has 1 fully saturated rings. The van der Waals surface area contributed by atoms with Crippen molar-refractivity contribution in [3.8, 4) is 0 Å². The molecule has 0 bridgehead atoms. The van der Waals surface area contributed by atoms with Crippen LogP contribution in [-0.4, -0.2) is 35.9 Å². The SMILES string of the molecule is O=C(OC1CCN2N=CCC12)c1ccccc1. The van der Waals surface area contributed by atoms with E-state index in [1.165, 1.54) is 0 Å². The Morgan fingerprint density at radius 2 is 2.18 bits per heavy atom. The van der Waals surface area contributed by atoms with Crippen LogP contribution < -0.4 is 0 Å². The average molecular weight is 230 g/mol. The number of hydrogen-bond acceptors (Lipinski definition) is 4. The van der Waals surface area contributed by atoms with Gasteiger partial charge in [-0.15, -0.1) is 0 Å². The molecule has 4 heteroatoms. The third-order valence-electron chi connectivity index (χ3n) is 3.30. The summed E-state index contributed by atoms with van der Waals surface area (Å²) in [7, 11) is 0. The van der Waals surface area contributed by atoms with E-state index in [0.29, 0.717) is 5.56 Å². The minimum atomic E-state index is -0.232. The predicted octanol–water partition coefficient (Wildman–Crippen LogP) is 1.68. The molecule has 3 rings (SSSR count). The Kier molecular flexibility index (Phi) is 2.55. The summed E-state index contributed by atoms with van der Waals surface area (Å²) in [5.41, 5.74) is 0.616. The number of ether oxygens (including phenoxy) is 1. The fraction of sp³-hybridized carbons (Fsp3) is 0.385. The maximum Gasteiger partial charge on any atom is 0.338 e. The lowest BCUT2D eigenvalue weighted by Gasteiger charge is -2.19. The summed E-state index contributed by atoms with van der Waals surface area (Å²) in [4.78, 5) is 11.9. The Morgan fingerprint density at radius 1 is 1.35 bits per heavy atom. The van der Waals surface area contributed by atoms with Crippen LogP contribution in [0.25, 0.3) is 0 Å². The van der Waals surface area contributed by atoms with Crippen LogP contribution in [0, 0.1) is 0 Å².